The molecule has 1 unspecified atom stereocenters. The van der Waals surface area contributed by atoms with Gasteiger partial charge in [0.25, 0.3) is 0 Å². The molecule has 96 valence electrons. The molecule has 0 aliphatic rings. The smallest absolute Gasteiger partial charge is 0.168 e. The van der Waals surface area contributed by atoms with Gasteiger partial charge < -0.3 is 19.9 Å². The Balaban J connectivity index is 3.52. The summed E-state index contributed by atoms with van der Waals surface area (Å²) in [5.74, 6) is 2.19. The second kappa shape index (κ2) is 6.12. The lowest BCUT2D eigenvalue weighted by Crippen LogP contribution is -2.12. The quantitative estimate of drug-likeness (QED) is 0.908. The van der Waals surface area contributed by atoms with Gasteiger partial charge in [0.15, 0.2) is 11.5 Å². The van der Waals surface area contributed by atoms with E-state index in [0.717, 1.165) is 15.8 Å². The first-order valence-corrected chi connectivity index (χ1v) is 6.08. The number of ether oxygens (including phenoxy) is 3. The molecule has 0 aromatic heterocycles. The van der Waals surface area contributed by atoms with Gasteiger partial charge in [0.05, 0.1) is 25.8 Å². The molecular formula is C12H18BrNO3. The summed E-state index contributed by atoms with van der Waals surface area (Å²) in [5, 5.41) is 0. The fraction of sp³-hybridized carbons (Fsp3) is 0.500. The van der Waals surface area contributed by atoms with Crippen molar-refractivity contribution in [2.45, 2.75) is 12.8 Å². The van der Waals surface area contributed by atoms with E-state index in [1.165, 1.54) is 0 Å². The molecule has 0 aliphatic carbocycles. The van der Waals surface area contributed by atoms with E-state index in [9.17, 15) is 0 Å². The Bertz CT molecular complexity index is 396. The molecule has 1 aromatic carbocycles. The fourth-order valence-corrected chi connectivity index (χ4v) is 2.33. The Labute approximate surface area is 110 Å². The van der Waals surface area contributed by atoms with Crippen molar-refractivity contribution in [1.29, 1.82) is 0 Å². The number of rotatable bonds is 5. The maximum Gasteiger partial charge on any atom is 0.168 e. The Kier molecular flexibility index (Phi) is 5.08. The SMILES string of the molecule is COc1cc(Br)c(OC)c(C(C)CN)c1OC. The molecule has 0 heterocycles. The van der Waals surface area contributed by atoms with E-state index < -0.39 is 0 Å². The van der Waals surface area contributed by atoms with Gasteiger partial charge in [0, 0.05) is 17.5 Å². The molecule has 1 atom stereocenters. The first-order chi connectivity index (χ1) is 8.10. The van der Waals surface area contributed by atoms with Gasteiger partial charge in [-0.15, -0.1) is 0 Å². The average molecular weight is 304 g/mol. The van der Waals surface area contributed by atoms with Crippen LogP contribution in [-0.4, -0.2) is 27.9 Å². The van der Waals surface area contributed by atoms with E-state index in [1.54, 1.807) is 21.3 Å². The first-order valence-electron chi connectivity index (χ1n) is 5.29. The van der Waals surface area contributed by atoms with E-state index in [1.807, 2.05) is 13.0 Å². The summed E-state index contributed by atoms with van der Waals surface area (Å²) in [4.78, 5) is 0. The van der Waals surface area contributed by atoms with Gasteiger partial charge in [0.2, 0.25) is 0 Å². The van der Waals surface area contributed by atoms with Gasteiger partial charge in [0.1, 0.15) is 5.75 Å². The average Bonchev–Trinajstić information content (AvgIpc) is 2.36. The third kappa shape index (κ3) is 2.66. The molecule has 4 nitrogen and oxygen atoms in total. The predicted octanol–water partition coefficient (Wildman–Crippen LogP) is 2.54. The molecule has 2 N–H and O–H groups in total. The Morgan fingerprint density at radius 3 is 2.18 bits per heavy atom. The molecule has 0 bridgehead atoms. The number of hydrogen-bond acceptors (Lipinski definition) is 4. The fourth-order valence-electron chi connectivity index (χ4n) is 1.75. The second-order valence-electron chi connectivity index (χ2n) is 3.68. The maximum absolute atomic E-state index is 5.73. The van der Waals surface area contributed by atoms with Crippen LogP contribution in [0.1, 0.15) is 18.4 Å². The summed E-state index contributed by atoms with van der Waals surface area (Å²) in [6, 6.07) is 1.82. The van der Waals surface area contributed by atoms with Crippen LogP contribution in [0.25, 0.3) is 0 Å². The third-order valence-corrected chi connectivity index (χ3v) is 3.25. The molecule has 0 fully saturated rings. The van der Waals surface area contributed by atoms with Gasteiger partial charge in [-0.1, -0.05) is 6.92 Å². The van der Waals surface area contributed by atoms with Gasteiger partial charge in [-0.2, -0.15) is 0 Å². The zero-order chi connectivity index (χ0) is 13.0. The lowest BCUT2D eigenvalue weighted by molar-refractivity contribution is 0.340. The molecule has 0 aliphatic heterocycles. The summed E-state index contributed by atoms with van der Waals surface area (Å²) in [6.45, 7) is 2.53. The highest BCUT2D eigenvalue weighted by Crippen LogP contribution is 2.46. The van der Waals surface area contributed by atoms with Gasteiger partial charge in [-0.05, 0) is 22.5 Å². The minimum atomic E-state index is 0.117. The summed E-state index contributed by atoms with van der Waals surface area (Å²) in [5.41, 5.74) is 6.65. The monoisotopic (exact) mass is 303 g/mol. The van der Waals surface area contributed by atoms with Crippen molar-refractivity contribution in [3.05, 3.63) is 16.1 Å². The maximum atomic E-state index is 5.73. The molecule has 0 amide bonds. The van der Waals surface area contributed by atoms with Crippen molar-refractivity contribution in [3.8, 4) is 17.2 Å². The normalized spacial score (nSPS) is 12.1. The highest BCUT2D eigenvalue weighted by atomic mass is 79.9. The Morgan fingerprint density at radius 1 is 1.18 bits per heavy atom. The number of benzene rings is 1. The topological polar surface area (TPSA) is 53.7 Å². The van der Waals surface area contributed by atoms with Crippen LogP contribution in [0.5, 0.6) is 17.2 Å². The highest BCUT2D eigenvalue weighted by molar-refractivity contribution is 9.10. The van der Waals surface area contributed by atoms with Gasteiger partial charge in [-0.25, -0.2) is 0 Å². The van der Waals surface area contributed by atoms with Crippen LogP contribution >= 0.6 is 15.9 Å². The molecular weight excluding hydrogens is 286 g/mol. The van der Waals surface area contributed by atoms with Crippen molar-refractivity contribution in [1.82, 2.24) is 0 Å². The van der Waals surface area contributed by atoms with Crippen molar-refractivity contribution in [2.24, 2.45) is 5.73 Å². The summed E-state index contributed by atoms with van der Waals surface area (Å²) >= 11 is 3.46. The van der Waals surface area contributed by atoms with E-state index in [2.05, 4.69) is 15.9 Å². The Hall–Kier alpha value is -0.940. The zero-order valence-electron chi connectivity index (χ0n) is 10.5. The minimum Gasteiger partial charge on any atom is -0.495 e. The molecule has 0 spiro atoms. The molecule has 0 radical (unpaired) electrons. The zero-order valence-corrected chi connectivity index (χ0v) is 12.1. The molecule has 1 aromatic rings. The molecule has 5 heteroatoms. The van der Waals surface area contributed by atoms with E-state index in [4.69, 9.17) is 19.9 Å². The van der Waals surface area contributed by atoms with E-state index in [-0.39, 0.29) is 5.92 Å². The highest BCUT2D eigenvalue weighted by Gasteiger charge is 2.23. The van der Waals surface area contributed by atoms with Crippen LogP contribution < -0.4 is 19.9 Å². The second-order valence-corrected chi connectivity index (χ2v) is 4.53. The van der Waals surface area contributed by atoms with Gasteiger partial charge >= 0.3 is 0 Å². The largest absolute Gasteiger partial charge is 0.495 e. The molecule has 17 heavy (non-hydrogen) atoms. The van der Waals surface area contributed by atoms with Crippen LogP contribution in [0.15, 0.2) is 10.5 Å². The van der Waals surface area contributed by atoms with Crippen LogP contribution in [0, 0.1) is 0 Å². The van der Waals surface area contributed by atoms with E-state index in [0.29, 0.717) is 18.0 Å². The number of methoxy groups -OCH3 is 3. The van der Waals surface area contributed by atoms with Crippen LogP contribution in [0.4, 0.5) is 0 Å². The lowest BCUT2D eigenvalue weighted by Gasteiger charge is -2.21. The number of halogens is 1. The number of hydrogen-bond donors (Lipinski definition) is 1. The van der Waals surface area contributed by atoms with Crippen molar-refractivity contribution in [2.75, 3.05) is 27.9 Å². The van der Waals surface area contributed by atoms with Crippen LogP contribution in [0.2, 0.25) is 0 Å². The van der Waals surface area contributed by atoms with Crippen molar-refractivity contribution in [3.63, 3.8) is 0 Å². The summed E-state index contributed by atoms with van der Waals surface area (Å²) < 4.78 is 16.9. The third-order valence-electron chi connectivity index (χ3n) is 2.66. The Morgan fingerprint density at radius 2 is 1.76 bits per heavy atom. The molecule has 1 rings (SSSR count). The summed E-state index contributed by atoms with van der Waals surface area (Å²) in [6.07, 6.45) is 0. The predicted molar refractivity (Wildman–Crippen MR) is 71.3 cm³/mol. The van der Waals surface area contributed by atoms with Crippen molar-refractivity contribution >= 4 is 15.9 Å². The van der Waals surface area contributed by atoms with Crippen molar-refractivity contribution < 1.29 is 14.2 Å². The molecule has 0 saturated heterocycles. The lowest BCUT2D eigenvalue weighted by atomic mass is 9.98. The van der Waals surface area contributed by atoms with Gasteiger partial charge in [-0.3, -0.25) is 0 Å². The number of nitrogens with two attached hydrogens (primary N) is 1. The standard InChI is InChI=1S/C12H18BrNO3/c1-7(6-14)10-11(16-3)8(13)5-9(15-2)12(10)17-4/h5,7H,6,14H2,1-4H3. The van der Waals surface area contributed by atoms with Crippen LogP contribution in [0.3, 0.4) is 0 Å². The summed E-state index contributed by atoms with van der Waals surface area (Å²) in [7, 11) is 4.84. The van der Waals surface area contributed by atoms with E-state index >= 15 is 0 Å². The first kappa shape index (κ1) is 14.1. The minimum absolute atomic E-state index is 0.117. The molecule has 0 saturated carbocycles. The van der Waals surface area contributed by atoms with Crippen LogP contribution in [-0.2, 0) is 0 Å².